The first-order chi connectivity index (χ1) is 12.4. The molecule has 0 saturated heterocycles. The largest absolute Gasteiger partial charge is 0.464 e. The highest BCUT2D eigenvalue weighted by Crippen LogP contribution is 2.18. The molecular formula is C18H24N4O4. The highest BCUT2D eigenvalue weighted by Gasteiger charge is 2.19. The van der Waals surface area contributed by atoms with Gasteiger partial charge in [-0.1, -0.05) is 18.2 Å². The molecule has 2 atom stereocenters. The Bertz CT molecular complexity index is 786. The van der Waals surface area contributed by atoms with Gasteiger partial charge in [-0.15, -0.1) is 0 Å². The second-order valence-electron chi connectivity index (χ2n) is 5.93. The van der Waals surface area contributed by atoms with E-state index in [1.165, 1.54) is 6.92 Å². The van der Waals surface area contributed by atoms with Crippen LogP contribution in [-0.2, 0) is 25.5 Å². The van der Waals surface area contributed by atoms with Gasteiger partial charge in [-0.3, -0.25) is 9.59 Å². The summed E-state index contributed by atoms with van der Waals surface area (Å²) >= 11 is 0. The molecule has 0 aliphatic heterocycles. The monoisotopic (exact) mass is 360 g/mol. The molecule has 1 aromatic heterocycles. The predicted octanol–water partition coefficient (Wildman–Crippen LogP) is 0.222. The van der Waals surface area contributed by atoms with Gasteiger partial charge >= 0.3 is 5.97 Å². The summed E-state index contributed by atoms with van der Waals surface area (Å²) in [5.41, 5.74) is 7.85. The second-order valence-corrected chi connectivity index (χ2v) is 5.93. The van der Waals surface area contributed by atoms with Crippen molar-refractivity contribution in [1.82, 2.24) is 15.6 Å². The highest BCUT2D eigenvalue weighted by molar-refractivity contribution is 5.90. The van der Waals surface area contributed by atoms with Crippen LogP contribution in [0.5, 0.6) is 0 Å². The van der Waals surface area contributed by atoms with Gasteiger partial charge < -0.3 is 26.1 Å². The van der Waals surface area contributed by atoms with Crippen LogP contribution in [0.25, 0.3) is 10.9 Å². The Morgan fingerprint density at radius 2 is 2.00 bits per heavy atom. The molecule has 0 radical (unpaired) electrons. The van der Waals surface area contributed by atoms with E-state index >= 15 is 0 Å². The third-order valence-corrected chi connectivity index (χ3v) is 3.89. The number of ether oxygens (including phenoxy) is 1. The minimum Gasteiger partial charge on any atom is -0.464 e. The second kappa shape index (κ2) is 9.00. The van der Waals surface area contributed by atoms with Gasteiger partial charge in [0.1, 0.15) is 6.04 Å². The Morgan fingerprint density at radius 3 is 2.73 bits per heavy atom. The van der Waals surface area contributed by atoms with E-state index in [4.69, 9.17) is 10.5 Å². The molecule has 0 fully saturated rings. The van der Waals surface area contributed by atoms with Crippen LogP contribution >= 0.6 is 0 Å². The van der Waals surface area contributed by atoms with E-state index in [9.17, 15) is 14.4 Å². The van der Waals surface area contributed by atoms with Crippen LogP contribution in [0.1, 0.15) is 19.4 Å². The molecule has 8 heteroatoms. The summed E-state index contributed by atoms with van der Waals surface area (Å²) in [6.45, 7) is 3.17. The van der Waals surface area contributed by atoms with Crippen LogP contribution < -0.4 is 16.4 Å². The zero-order valence-corrected chi connectivity index (χ0v) is 14.9. The molecule has 0 unspecified atom stereocenters. The summed E-state index contributed by atoms with van der Waals surface area (Å²) in [7, 11) is 0. The number of carbonyl (C=O) groups excluding carboxylic acids is 3. The van der Waals surface area contributed by atoms with E-state index < -0.39 is 29.9 Å². The number of amides is 2. The average molecular weight is 360 g/mol. The molecule has 0 spiro atoms. The van der Waals surface area contributed by atoms with Gasteiger partial charge in [-0.25, -0.2) is 4.79 Å². The number of aromatic amines is 1. The van der Waals surface area contributed by atoms with Crippen molar-refractivity contribution >= 4 is 28.7 Å². The maximum absolute atomic E-state index is 12.1. The molecule has 0 saturated carbocycles. The fraction of sp³-hybridized carbons (Fsp3) is 0.389. The number of benzene rings is 1. The molecule has 1 aromatic carbocycles. The molecule has 140 valence electrons. The zero-order chi connectivity index (χ0) is 19.1. The minimum atomic E-state index is -0.788. The lowest BCUT2D eigenvalue weighted by Crippen LogP contribution is -2.48. The van der Waals surface area contributed by atoms with E-state index in [1.807, 2.05) is 30.5 Å². The Balaban J connectivity index is 1.81. The Labute approximate surface area is 151 Å². The van der Waals surface area contributed by atoms with Crippen molar-refractivity contribution in [2.45, 2.75) is 32.4 Å². The van der Waals surface area contributed by atoms with Gasteiger partial charge in [-0.05, 0) is 31.9 Å². The van der Waals surface area contributed by atoms with Crippen molar-refractivity contribution in [3.05, 3.63) is 36.0 Å². The maximum Gasteiger partial charge on any atom is 0.328 e. The van der Waals surface area contributed by atoms with Gasteiger partial charge in [-0.2, -0.15) is 0 Å². The lowest BCUT2D eigenvalue weighted by molar-refractivity contribution is -0.146. The van der Waals surface area contributed by atoms with Gasteiger partial charge in [0.2, 0.25) is 11.8 Å². The van der Waals surface area contributed by atoms with Crippen molar-refractivity contribution < 1.29 is 19.1 Å². The van der Waals surface area contributed by atoms with Crippen molar-refractivity contribution in [2.24, 2.45) is 5.73 Å². The molecule has 1 heterocycles. The number of nitrogens with one attached hydrogen (secondary N) is 3. The third-order valence-electron chi connectivity index (χ3n) is 3.89. The molecule has 0 aliphatic carbocycles. The summed E-state index contributed by atoms with van der Waals surface area (Å²) in [6, 6.07) is 6.17. The third kappa shape index (κ3) is 5.06. The van der Waals surface area contributed by atoms with Crippen molar-refractivity contribution in [3.63, 3.8) is 0 Å². The van der Waals surface area contributed by atoms with Crippen LogP contribution in [0.4, 0.5) is 0 Å². The lowest BCUT2D eigenvalue weighted by atomic mass is 10.1. The van der Waals surface area contributed by atoms with Crippen LogP contribution in [0.3, 0.4) is 0 Å². The summed E-state index contributed by atoms with van der Waals surface area (Å²) in [5, 5.41) is 5.95. The van der Waals surface area contributed by atoms with E-state index in [0.717, 1.165) is 16.5 Å². The fourth-order valence-corrected chi connectivity index (χ4v) is 2.55. The Morgan fingerprint density at radius 1 is 1.27 bits per heavy atom. The van der Waals surface area contributed by atoms with E-state index in [1.54, 1.807) is 6.92 Å². The summed E-state index contributed by atoms with van der Waals surface area (Å²) in [4.78, 5) is 38.5. The number of aromatic nitrogens is 1. The number of hydrogen-bond donors (Lipinski definition) is 4. The SMILES string of the molecule is CCOC(=O)[C@@H](C)NC(=O)CNC(=O)[C@H](N)Cc1c[nH]c2ccccc12. The van der Waals surface area contributed by atoms with Crippen molar-refractivity contribution in [3.8, 4) is 0 Å². The number of H-pyrrole nitrogens is 1. The molecule has 2 amide bonds. The molecule has 0 bridgehead atoms. The first-order valence-electron chi connectivity index (χ1n) is 8.46. The van der Waals surface area contributed by atoms with Gasteiger partial charge in [0, 0.05) is 17.1 Å². The molecule has 5 N–H and O–H groups in total. The number of carbonyl (C=O) groups is 3. The lowest BCUT2D eigenvalue weighted by Gasteiger charge is -2.14. The molecule has 26 heavy (non-hydrogen) atoms. The first kappa shape index (κ1) is 19.5. The summed E-state index contributed by atoms with van der Waals surface area (Å²) in [6.07, 6.45) is 2.17. The number of nitrogens with two attached hydrogens (primary N) is 1. The smallest absolute Gasteiger partial charge is 0.328 e. The molecule has 2 rings (SSSR count). The average Bonchev–Trinajstić information content (AvgIpc) is 3.02. The number of esters is 1. The maximum atomic E-state index is 12.1. The summed E-state index contributed by atoms with van der Waals surface area (Å²) in [5.74, 6) is -1.45. The summed E-state index contributed by atoms with van der Waals surface area (Å²) < 4.78 is 4.80. The zero-order valence-electron chi connectivity index (χ0n) is 14.9. The number of fused-ring (bicyclic) bond motifs is 1. The minimum absolute atomic E-state index is 0.235. The van der Waals surface area contributed by atoms with Crippen LogP contribution in [0.15, 0.2) is 30.5 Å². The van der Waals surface area contributed by atoms with E-state index in [-0.39, 0.29) is 13.2 Å². The van der Waals surface area contributed by atoms with Crippen LogP contribution in [0, 0.1) is 0 Å². The highest BCUT2D eigenvalue weighted by atomic mass is 16.5. The van der Waals surface area contributed by atoms with E-state index in [0.29, 0.717) is 6.42 Å². The Hall–Kier alpha value is -2.87. The number of para-hydroxylation sites is 1. The molecule has 2 aromatic rings. The fourth-order valence-electron chi connectivity index (χ4n) is 2.55. The molecular weight excluding hydrogens is 336 g/mol. The van der Waals surface area contributed by atoms with Gasteiger partial charge in [0.15, 0.2) is 0 Å². The van der Waals surface area contributed by atoms with Crippen molar-refractivity contribution in [1.29, 1.82) is 0 Å². The molecule has 0 aliphatic rings. The Kier molecular flexibility index (Phi) is 6.74. The predicted molar refractivity (Wildman–Crippen MR) is 97.2 cm³/mol. The number of hydrogen-bond acceptors (Lipinski definition) is 5. The van der Waals surface area contributed by atoms with E-state index in [2.05, 4.69) is 15.6 Å². The van der Waals surface area contributed by atoms with Crippen molar-refractivity contribution in [2.75, 3.05) is 13.2 Å². The number of rotatable bonds is 8. The first-order valence-corrected chi connectivity index (χ1v) is 8.46. The van der Waals surface area contributed by atoms with Crippen LogP contribution in [0.2, 0.25) is 0 Å². The van der Waals surface area contributed by atoms with Gasteiger partial charge in [0.25, 0.3) is 0 Å². The topological polar surface area (TPSA) is 126 Å². The quantitative estimate of drug-likeness (QED) is 0.501. The van der Waals surface area contributed by atoms with Crippen LogP contribution in [-0.4, -0.2) is 48.0 Å². The normalized spacial score (nSPS) is 13.0. The molecule has 8 nitrogen and oxygen atoms in total. The van der Waals surface area contributed by atoms with Gasteiger partial charge in [0.05, 0.1) is 19.2 Å². The standard InChI is InChI=1S/C18H24N4O4/c1-3-26-18(25)11(2)22-16(23)10-21-17(24)14(19)8-12-9-20-15-7-5-4-6-13(12)15/h4-7,9,11,14,20H,3,8,10,19H2,1-2H3,(H,21,24)(H,22,23)/t11-,14-/m1/s1.